The third-order valence-corrected chi connectivity index (χ3v) is 8.52. The lowest BCUT2D eigenvalue weighted by molar-refractivity contribution is 1.17. The molecule has 4 heterocycles. The molecule has 0 atom stereocenters. The van der Waals surface area contributed by atoms with Crippen molar-refractivity contribution in [1.29, 1.82) is 0 Å². The lowest BCUT2D eigenvalue weighted by atomic mass is 9.84. The Morgan fingerprint density at radius 2 is 0.400 bits per heavy atom. The van der Waals surface area contributed by atoms with Crippen molar-refractivity contribution < 1.29 is 0 Å². The molecule has 0 aliphatic heterocycles. The summed E-state index contributed by atoms with van der Waals surface area (Å²) in [5.74, 6) is 0. The fraction of sp³-hybridized carbons (Fsp3) is 0. The molecule has 0 saturated carbocycles. The molecule has 8 heteroatoms. The molecule has 0 amide bonds. The van der Waals surface area contributed by atoms with Crippen LogP contribution >= 0.6 is 0 Å². The first-order chi connectivity index (χ1) is 24.8. The van der Waals surface area contributed by atoms with Crippen LogP contribution in [0, 0.1) is 0 Å². The fourth-order valence-electron chi connectivity index (χ4n) is 6.02. The zero-order valence-corrected chi connectivity index (χ0v) is 26.7. The summed E-state index contributed by atoms with van der Waals surface area (Å²) in [6, 6.07) is 34.3. The van der Waals surface area contributed by atoms with E-state index < -0.39 is 0 Å². The normalized spacial score (nSPS) is 10.8. The SMILES string of the molecule is c1ncc(-c2ccc(C(=C(c3ccc(-c4cncnc4)cc3)c3ccc(-c4cncnc4)cc3)c3ccc(-c4cncnc4)cc3)cc2)cn1. The minimum absolute atomic E-state index is 0.959. The van der Waals surface area contributed by atoms with Crippen molar-refractivity contribution in [2.24, 2.45) is 0 Å². The predicted octanol–water partition coefficient (Wildman–Crippen LogP) is 8.52. The molecule has 8 aromatic rings. The van der Waals surface area contributed by atoms with Gasteiger partial charge in [-0.1, -0.05) is 97.1 Å². The van der Waals surface area contributed by atoms with Crippen LogP contribution in [-0.2, 0) is 0 Å². The van der Waals surface area contributed by atoms with E-state index >= 15 is 0 Å². The van der Waals surface area contributed by atoms with Gasteiger partial charge in [0.2, 0.25) is 0 Å². The van der Waals surface area contributed by atoms with Gasteiger partial charge in [0.1, 0.15) is 25.3 Å². The Morgan fingerprint density at radius 1 is 0.220 bits per heavy atom. The Balaban J connectivity index is 1.33. The van der Waals surface area contributed by atoms with Crippen LogP contribution in [0.25, 0.3) is 55.7 Å². The highest BCUT2D eigenvalue weighted by atomic mass is 14.8. The maximum absolute atomic E-state index is 4.22. The number of hydrogen-bond acceptors (Lipinski definition) is 8. The quantitative estimate of drug-likeness (QED) is 0.152. The molecule has 4 aromatic heterocycles. The first-order valence-electron chi connectivity index (χ1n) is 16.0. The monoisotopic (exact) mass is 644 g/mol. The van der Waals surface area contributed by atoms with Crippen molar-refractivity contribution in [3.05, 3.63) is 194 Å². The summed E-state index contributed by atoms with van der Waals surface area (Å²) in [6.07, 6.45) is 20.8. The van der Waals surface area contributed by atoms with E-state index in [0.29, 0.717) is 0 Å². The van der Waals surface area contributed by atoms with Gasteiger partial charge in [-0.05, 0) is 55.7 Å². The second kappa shape index (κ2) is 14.0. The molecule has 0 aliphatic rings. The Morgan fingerprint density at radius 3 is 0.580 bits per heavy atom. The van der Waals surface area contributed by atoms with Crippen molar-refractivity contribution in [2.45, 2.75) is 0 Å². The van der Waals surface area contributed by atoms with Crippen molar-refractivity contribution in [1.82, 2.24) is 39.9 Å². The van der Waals surface area contributed by atoms with Gasteiger partial charge in [0.15, 0.2) is 0 Å². The van der Waals surface area contributed by atoms with E-state index in [1.54, 1.807) is 25.3 Å². The second-order valence-corrected chi connectivity index (χ2v) is 11.6. The molecule has 0 radical (unpaired) electrons. The number of benzene rings is 4. The smallest absolute Gasteiger partial charge is 0.115 e. The minimum Gasteiger partial charge on any atom is -0.244 e. The first-order valence-corrected chi connectivity index (χ1v) is 16.0. The first kappa shape index (κ1) is 30.3. The Hall–Kier alpha value is -7.06. The summed E-state index contributed by atoms with van der Waals surface area (Å²) in [6.45, 7) is 0. The molecule has 8 rings (SSSR count). The summed E-state index contributed by atoms with van der Waals surface area (Å²) in [5, 5.41) is 0. The summed E-state index contributed by atoms with van der Waals surface area (Å²) < 4.78 is 0. The van der Waals surface area contributed by atoms with Crippen LogP contribution in [0.5, 0.6) is 0 Å². The second-order valence-electron chi connectivity index (χ2n) is 11.6. The summed E-state index contributed by atoms with van der Waals surface area (Å²) in [4.78, 5) is 33.8. The molecule has 0 saturated heterocycles. The van der Waals surface area contributed by atoms with Crippen LogP contribution in [0.3, 0.4) is 0 Å². The highest BCUT2D eigenvalue weighted by molar-refractivity contribution is 6.05. The fourth-order valence-corrected chi connectivity index (χ4v) is 6.02. The van der Waals surface area contributed by atoms with E-state index in [4.69, 9.17) is 0 Å². The van der Waals surface area contributed by atoms with E-state index in [0.717, 1.165) is 77.9 Å². The number of rotatable bonds is 8. The maximum atomic E-state index is 4.22. The molecule has 4 aromatic carbocycles. The third-order valence-electron chi connectivity index (χ3n) is 8.52. The van der Waals surface area contributed by atoms with Gasteiger partial charge < -0.3 is 0 Å². The Bertz CT molecular complexity index is 2010. The Labute approximate surface area is 289 Å². The van der Waals surface area contributed by atoms with Crippen LogP contribution in [0.4, 0.5) is 0 Å². The van der Waals surface area contributed by atoms with Crippen LogP contribution in [-0.4, -0.2) is 39.9 Å². The average Bonchev–Trinajstić information content (AvgIpc) is 3.22. The molecule has 8 nitrogen and oxygen atoms in total. The molecule has 0 spiro atoms. The molecule has 0 unspecified atom stereocenters. The number of aromatic nitrogens is 8. The highest BCUT2D eigenvalue weighted by Crippen LogP contribution is 2.39. The molecule has 236 valence electrons. The molecule has 0 fully saturated rings. The average molecular weight is 645 g/mol. The molecular weight excluding hydrogens is 617 g/mol. The van der Waals surface area contributed by atoms with E-state index in [9.17, 15) is 0 Å². The van der Waals surface area contributed by atoms with Gasteiger partial charge >= 0.3 is 0 Å². The van der Waals surface area contributed by atoms with Gasteiger partial charge in [0, 0.05) is 71.8 Å². The summed E-state index contributed by atoms with van der Waals surface area (Å²) in [7, 11) is 0. The number of nitrogens with zero attached hydrogens (tertiary/aromatic N) is 8. The minimum atomic E-state index is 0.959. The Kier molecular flexibility index (Phi) is 8.46. The molecule has 0 N–H and O–H groups in total. The summed E-state index contributed by atoms with van der Waals surface area (Å²) in [5.41, 5.74) is 14.4. The van der Waals surface area contributed by atoms with Crippen molar-refractivity contribution in [2.75, 3.05) is 0 Å². The van der Waals surface area contributed by atoms with Crippen LogP contribution in [0.2, 0.25) is 0 Å². The third kappa shape index (κ3) is 6.41. The van der Waals surface area contributed by atoms with Gasteiger partial charge in [0.05, 0.1) is 0 Å². The number of hydrogen-bond donors (Lipinski definition) is 0. The lowest BCUT2D eigenvalue weighted by Gasteiger charge is -2.19. The van der Waals surface area contributed by atoms with E-state index in [2.05, 4.69) is 137 Å². The van der Waals surface area contributed by atoms with Crippen molar-refractivity contribution in [3.8, 4) is 44.5 Å². The van der Waals surface area contributed by atoms with Gasteiger partial charge in [-0.3, -0.25) is 0 Å². The summed E-state index contributed by atoms with van der Waals surface area (Å²) >= 11 is 0. The van der Waals surface area contributed by atoms with Crippen LogP contribution < -0.4 is 0 Å². The van der Waals surface area contributed by atoms with Gasteiger partial charge in [-0.15, -0.1) is 0 Å². The lowest BCUT2D eigenvalue weighted by Crippen LogP contribution is -1.98. The molecule has 0 bridgehead atoms. The van der Waals surface area contributed by atoms with Gasteiger partial charge in [-0.2, -0.15) is 0 Å². The maximum Gasteiger partial charge on any atom is 0.115 e. The predicted molar refractivity (Wildman–Crippen MR) is 195 cm³/mol. The van der Waals surface area contributed by atoms with E-state index in [1.807, 2.05) is 49.6 Å². The highest BCUT2D eigenvalue weighted by Gasteiger charge is 2.18. The van der Waals surface area contributed by atoms with Gasteiger partial charge in [-0.25, -0.2) is 39.9 Å². The topological polar surface area (TPSA) is 103 Å². The molecule has 50 heavy (non-hydrogen) atoms. The standard InChI is InChI=1S/C42H28N8/c1-9-33(10-2-29(1)37-17-43-25-44-18-37)41(34-11-3-30(4-12-34)38-19-45-26-46-20-38)42(35-13-5-31(6-14-35)39-21-47-27-48-22-39)36-15-7-32(8-16-36)40-23-49-28-50-24-40/h1-28H. The van der Waals surface area contributed by atoms with Crippen LogP contribution in [0.15, 0.2) is 172 Å². The zero-order valence-electron chi connectivity index (χ0n) is 26.7. The van der Waals surface area contributed by atoms with Gasteiger partial charge in [0.25, 0.3) is 0 Å². The van der Waals surface area contributed by atoms with E-state index in [-0.39, 0.29) is 0 Å². The van der Waals surface area contributed by atoms with Crippen molar-refractivity contribution >= 4 is 11.1 Å². The largest absolute Gasteiger partial charge is 0.244 e. The zero-order chi connectivity index (χ0) is 33.5. The molecule has 0 aliphatic carbocycles. The van der Waals surface area contributed by atoms with Crippen molar-refractivity contribution in [3.63, 3.8) is 0 Å². The molecular formula is C42H28N8. The van der Waals surface area contributed by atoms with Crippen LogP contribution in [0.1, 0.15) is 22.3 Å². The van der Waals surface area contributed by atoms with E-state index in [1.165, 1.54) is 0 Å².